The van der Waals surface area contributed by atoms with Crippen LogP contribution in [-0.4, -0.2) is 6.10 Å². The quantitative estimate of drug-likeness (QED) is 0.727. The van der Waals surface area contributed by atoms with Crippen molar-refractivity contribution in [3.05, 3.63) is 41.0 Å². The molecule has 0 saturated heterocycles. The predicted octanol–water partition coefficient (Wildman–Crippen LogP) is 3.82. The van der Waals surface area contributed by atoms with Gasteiger partial charge in [-0.1, -0.05) is 30.0 Å². The second-order valence-corrected chi connectivity index (χ2v) is 4.70. The van der Waals surface area contributed by atoms with Crippen LogP contribution in [0.2, 0.25) is 0 Å². The van der Waals surface area contributed by atoms with Gasteiger partial charge in [-0.05, 0) is 26.0 Å². The summed E-state index contributed by atoms with van der Waals surface area (Å²) in [6.07, 6.45) is 1.40. The maximum Gasteiger partial charge on any atom is 0.103 e. The third kappa shape index (κ3) is 2.13. The van der Waals surface area contributed by atoms with Gasteiger partial charge in [0, 0.05) is 16.2 Å². The fourth-order valence-corrected chi connectivity index (χ4v) is 2.65. The van der Waals surface area contributed by atoms with Gasteiger partial charge in [0.25, 0.3) is 0 Å². The summed E-state index contributed by atoms with van der Waals surface area (Å²) < 4.78 is 5.60. The molecule has 0 spiro atoms. The second kappa shape index (κ2) is 4.09. The van der Waals surface area contributed by atoms with E-state index < -0.39 is 0 Å². The molecule has 0 aliphatic carbocycles. The van der Waals surface area contributed by atoms with Crippen molar-refractivity contribution < 1.29 is 4.74 Å². The molecule has 1 nitrogen and oxygen atoms in total. The first-order valence-corrected chi connectivity index (χ1v) is 5.66. The lowest BCUT2D eigenvalue weighted by Gasteiger charge is -2.01. The number of thioether (sulfide) groups is 1. The Bertz CT molecular complexity index is 343. The Morgan fingerprint density at radius 3 is 2.57 bits per heavy atom. The highest BCUT2D eigenvalue weighted by Crippen LogP contribution is 2.37. The highest BCUT2D eigenvalue weighted by molar-refractivity contribution is 8.03. The Hall–Kier alpha value is -0.890. The Morgan fingerprint density at radius 1 is 1.29 bits per heavy atom. The monoisotopic (exact) mass is 206 g/mol. The lowest BCUT2D eigenvalue weighted by atomic mass is 10.3. The van der Waals surface area contributed by atoms with E-state index in [-0.39, 0.29) is 0 Å². The van der Waals surface area contributed by atoms with Crippen LogP contribution in [0.1, 0.15) is 20.3 Å². The van der Waals surface area contributed by atoms with Gasteiger partial charge in [-0.3, -0.25) is 0 Å². The molecule has 0 radical (unpaired) electrons. The summed E-state index contributed by atoms with van der Waals surface area (Å²) in [6.45, 7) is 4.16. The zero-order chi connectivity index (χ0) is 9.97. The van der Waals surface area contributed by atoms with Crippen LogP contribution < -0.4 is 0 Å². The van der Waals surface area contributed by atoms with Gasteiger partial charge in [0.05, 0.1) is 0 Å². The van der Waals surface area contributed by atoms with E-state index in [4.69, 9.17) is 4.74 Å². The largest absolute Gasteiger partial charge is 0.494 e. The Kier molecular flexibility index (Phi) is 2.82. The van der Waals surface area contributed by atoms with Gasteiger partial charge in [0.2, 0.25) is 0 Å². The fraction of sp³-hybridized carbons (Fsp3) is 0.333. The number of allylic oxidation sites excluding steroid dienone is 1. The molecule has 2 rings (SSSR count). The molecule has 74 valence electrons. The summed E-state index contributed by atoms with van der Waals surface area (Å²) in [5.74, 6) is 1.09. The van der Waals surface area contributed by atoms with Crippen LogP contribution in [0.5, 0.6) is 0 Å². The van der Waals surface area contributed by atoms with Crippen LogP contribution in [-0.2, 0) is 4.74 Å². The molecule has 0 fully saturated rings. The smallest absolute Gasteiger partial charge is 0.103 e. The summed E-state index contributed by atoms with van der Waals surface area (Å²) >= 11 is 1.82. The molecular weight excluding hydrogens is 192 g/mol. The lowest BCUT2D eigenvalue weighted by molar-refractivity contribution is 0.162. The lowest BCUT2D eigenvalue weighted by Crippen LogP contribution is -1.96. The SMILES string of the molecule is CC1=C(Sc2ccccc2)C[C@@H](C)O1. The summed E-state index contributed by atoms with van der Waals surface area (Å²) in [7, 11) is 0. The standard InChI is InChI=1S/C12H14OS/c1-9-8-12(10(2)13-9)14-11-6-4-3-5-7-11/h3-7,9H,8H2,1-2H3/t9-/m1/s1. The highest BCUT2D eigenvalue weighted by Gasteiger charge is 2.19. The molecule has 0 saturated carbocycles. The van der Waals surface area contributed by atoms with E-state index in [1.165, 1.54) is 9.80 Å². The fourth-order valence-electron chi connectivity index (χ4n) is 1.56. The molecule has 0 unspecified atom stereocenters. The molecule has 1 aliphatic heterocycles. The third-order valence-corrected chi connectivity index (χ3v) is 3.44. The molecule has 1 aromatic rings. The number of hydrogen-bond donors (Lipinski definition) is 0. The van der Waals surface area contributed by atoms with Gasteiger partial charge in [-0.2, -0.15) is 0 Å². The first-order valence-electron chi connectivity index (χ1n) is 4.85. The molecule has 1 aliphatic rings. The Morgan fingerprint density at radius 2 is 2.00 bits per heavy atom. The van der Waals surface area contributed by atoms with Crippen LogP contribution in [0.25, 0.3) is 0 Å². The van der Waals surface area contributed by atoms with E-state index in [0.717, 1.165) is 12.2 Å². The maximum atomic E-state index is 5.60. The third-order valence-electron chi connectivity index (χ3n) is 2.23. The van der Waals surface area contributed by atoms with Gasteiger partial charge in [-0.25, -0.2) is 0 Å². The molecule has 1 aromatic carbocycles. The van der Waals surface area contributed by atoms with Crippen LogP contribution in [0.3, 0.4) is 0 Å². The zero-order valence-corrected chi connectivity index (χ0v) is 9.30. The molecule has 0 N–H and O–H groups in total. The van der Waals surface area contributed by atoms with E-state index in [9.17, 15) is 0 Å². The average Bonchev–Trinajstić information content (AvgIpc) is 2.47. The van der Waals surface area contributed by atoms with Gasteiger partial charge >= 0.3 is 0 Å². The van der Waals surface area contributed by atoms with E-state index >= 15 is 0 Å². The van der Waals surface area contributed by atoms with Crippen LogP contribution in [0.4, 0.5) is 0 Å². The normalized spacial score (nSPS) is 21.1. The molecular formula is C12H14OS. The summed E-state index contributed by atoms with van der Waals surface area (Å²) in [6, 6.07) is 10.4. The predicted molar refractivity (Wildman–Crippen MR) is 60.2 cm³/mol. The van der Waals surface area contributed by atoms with Crippen LogP contribution in [0.15, 0.2) is 45.9 Å². The van der Waals surface area contributed by atoms with E-state index in [1.807, 2.05) is 17.8 Å². The first kappa shape index (κ1) is 9.66. The van der Waals surface area contributed by atoms with Crippen LogP contribution in [0, 0.1) is 0 Å². The van der Waals surface area contributed by atoms with Crippen molar-refractivity contribution in [1.82, 2.24) is 0 Å². The van der Waals surface area contributed by atoms with Gasteiger partial charge in [0.15, 0.2) is 0 Å². The minimum absolute atomic E-state index is 0.348. The maximum absolute atomic E-state index is 5.60. The first-order chi connectivity index (χ1) is 6.75. The van der Waals surface area contributed by atoms with Crippen molar-refractivity contribution in [2.24, 2.45) is 0 Å². The molecule has 2 heteroatoms. The Balaban J connectivity index is 2.09. The number of hydrogen-bond acceptors (Lipinski definition) is 2. The van der Waals surface area contributed by atoms with Gasteiger partial charge < -0.3 is 4.74 Å². The zero-order valence-electron chi connectivity index (χ0n) is 8.49. The molecule has 0 bridgehead atoms. The summed E-state index contributed by atoms with van der Waals surface area (Å²) in [4.78, 5) is 2.66. The van der Waals surface area contributed by atoms with E-state index in [2.05, 4.69) is 38.1 Å². The van der Waals surface area contributed by atoms with E-state index in [0.29, 0.717) is 6.10 Å². The minimum atomic E-state index is 0.348. The number of ether oxygens (including phenoxy) is 1. The van der Waals surface area contributed by atoms with Crippen molar-refractivity contribution >= 4 is 11.8 Å². The van der Waals surface area contributed by atoms with E-state index in [1.54, 1.807) is 0 Å². The highest BCUT2D eigenvalue weighted by atomic mass is 32.2. The van der Waals surface area contributed by atoms with Gasteiger partial charge in [-0.15, -0.1) is 0 Å². The number of rotatable bonds is 2. The van der Waals surface area contributed by atoms with Crippen molar-refractivity contribution in [2.45, 2.75) is 31.3 Å². The minimum Gasteiger partial charge on any atom is -0.494 e. The van der Waals surface area contributed by atoms with Gasteiger partial charge in [0.1, 0.15) is 11.9 Å². The van der Waals surface area contributed by atoms with Crippen molar-refractivity contribution in [1.29, 1.82) is 0 Å². The molecule has 1 atom stereocenters. The van der Waals surface area contributed by atoms with Crippen LogP contribution >= 0.6 is 11.8 Å². The average molecular weight is 206 g/mol. The molecule has 0 aromatic heterocycles. The summed E-state index contributed by atoms with van der Waals surface area (Å²) in [5, 5.41) is 0. The second-order valence-electron chi connectivity index (χ2n) is 3.53. The van der Waals surface area contributed by atoms with Crippen molar-refractivity contribution in [2.75, 3.05) is 0 Å². The van der Waals surface area contributed by atoms with Crippen molar-refractivity contribution in [3.8, 4) is 0 Å². The van der Waals surface area contributed by atoms with Crippen molar-refractivity contribution in [3.63, 3.8) is 0 Å². The molecule has 0 amide bonds. The summed E-state index contributed by atoms with van der Waals surface area (Å²) in [5.41, 5.74) is 0. The molecule has 1 heterocycles. The molecule has 14 heavy (non-hydrogen) atoms. The Labute approximate surface area is 89.2 Å². The topological polar surface area (TPSA) is 9.23 Å². The number of benzene rings is 1.